The zero-order valence-electron chi connectivity index (χ0n) is 21.8. The van der Waals surface area contributed by atoms with E-state index in [0.29, 0.717) is 16.6 Å². The molecular weight excluding hydrogens is 424 g/mol. The fourth-order valence-electron chi connectivity index (χ4n) is 5.51. The number of ether oxygens (including phenoxy) is 1. The molecule has 0 aliphatic carbocycles. The molecular formula is C28H42N2O2Si. The standard InChI is InChI=1S/C28H42N2O2Si/c1-9-10-28(31)29-26-17-25(15-16-33(21(2)3,22(4)5)23(6)7)19-30(20-26)18-24-11-13-27(32-8)14-12-24/h11-14,21-23,25-26H,17-20H2,1-8H3,(H,29,31)/t25-,26+/m1/s1. The van der Waals surface area contributed by atoms with Crippen LogP contribution in [0.15, 0.2) is 24.3 Å². The van der Waals surface area contributed by atoms with Crippen molar-refractivity contribution in [2.75, 3.05) is 20.2 Å². The summed E-state index contributed by atoms with van der Waals surface area (Å²) in [5.74, 6) is 9.97. The van der Waals surface area contributed by atoms with E-state index < -0.39 is 8.07 Å². The van der Waals surface area contributed by atoms with Crippen molar-refractivity contribution in [3.8, 4) is 29.1 Å². The average molecular weight is 467 g/mol. The molecule has 0 saturated carbocycles. The van der Waals surface area contributed by atoms with Crippen molar-refractivity contribution in [2.45, 2.75) is 84.1 Å². The molecule has 0 radical (unpaired) electrons. The topological polar surface area (TPSA) is 41.6 Å². The van der Waals surface area contributed by atoms with Gasteiger partial charge in [-0.05, 0) is 53.6 Å². The molecule has 33 heavy (non-hydrogen) atoms. The molecule has 0 unspecified atom stereocenters. The van der Waals surface area contributed by atoms with Gasteiger partial charge in [-0.3, -0.25) is 9.69 Å². The number of hydrogen-bond donors (Lipinski definition) is 1. The fourth-order valence-corrected chi connectivity index (χ4v) is 10.8. The van der Waals surface area contributed by atoms with Gasteiger partial charge in [0.25, 0.3) is 5.91 Å². The van der Waals surface area contributed by atoms with Crippen molar-refractivity contribution < 1.29 is 9.53 Å². The van der Waals surface area contributed by atoms with Gasteiger partial charge in [0.1, 0.15) is 13.8 Å². The van der Waals surface area contributed by atoms with Gasteiger partial charge in [-0.1, -0.05) is 59.6 Å². The minimum atomic E-state index is -1.79. The number of benzene rings is 1. The predicted molar refractivity (Wildman–Crippen MR) is 141 cm³/mol. The second kappa shape index (κ2) is 12.3. The van der Waals surface area contributed by atoms with Crippen molar-refractivity contribution in [3.63, 3.8) is 0 Å². The molecule has 1 fully saturated rings. The Hall–Kier alpha value is -2.21. The predicted octanol–water partition coefficient (Wildman–Crippen LogP) is 5.25. The SMILES string of the molecule is CC#CC(=O)N[C@H]1C[C@@H](C#C[Si](C(C)C)(C(C)C)C(C)C)CN(Cc2ccc(OC)cc2)C1. The number of carbonyl (C=O) groups is 1. The molecule has 1 aromatic carbocycles. The van der Waals surface area contributed by atoms with E-state index in [4.69, 9.17) is 4.74 Å². The van der Waals surface area contributed by atoms with Crippen LogP contribution in [0, 0.1) is 29.2 Å². The number of nitrogens with zero attached hydrogens (tertiary/aromatic N) is 1. The van der Waals surface area contributed by atoms with E-state index in [9.17, 15) is 4.79 Å². The summed E-state index contributed by atoms with van der Waals surface area (Å²) in [7, 11) is -0.103. The van der Waals surface area contributed by atoms with Crippen LogP contribution in [-0.2, 0) is 11.3 Å². The lowest BCUT2D eigenvalue weighted by atomic mass is 9.94. The van der Waals surface area contributed by atoms with Crippen molar-refractivity contribution in [2.24, 2.45) is 5.92 Å². The third-order valence-corrected chi connectivity index (χ3v) is 13.3. The third kappa shape index (κ3) is 7.13. The van der Waals surface area contributed by atoms with Crippen LogP contribution in [0.2, 0.25) is 16.6 Å². The smallest absolute Gasteiger partial charge is 0.296 e. The second-order valence-electron chi connectivity index (χ2n) is 10.2. The molecule has 1 saturated heterocycles. The highest BCUT2D eigenvalue weighted by Gasteiger charge is 2.42. The number of hydrogen-bond acceptors (Lipinski definition) is 3. The first-order valence-electron chi connectivity index (χ1n) is 12.2. The Bertz CT molecular complexity index is 878. The Kier molecular flexibility index (Phi) is 10.1. The quantitative estimate of drug-likeness (QED) is 0.441. The molecule has 1 N–H and O–H groups in total. The minimum Gasteiger partial charge on any atom is -0.497 e. The molecule has 1 aliphatic heterocycles. The van der Waals surface area contributed by atoms with Crippen LogP contribution in [0.25, 0.3) is 0 Å². The Morgan fingerprint density at radius 1 is 1.09 bits per heavy atom. The lowest BCUT2D eigenvalue weighted by molar-refractivity contribution is -0.116. The van der Waals surface area contributed by atoms with Crippen LogP contribution >= 0.6 is 0 Å². The summed E-state index contributed by atoms with van der Waals surface area (Å²) in [4.78, 5) is 14.6. The largest absolute Gasteiger partial charge is 0.497 e. The highest BCUT2D eigenvalue weighted by Crippen LogP contribution is 2.41. The Morgan fingerprint density at radius 3 is 2.21 bits per heavy atom. The van der Waals surface area contributed by atoms with Gasteiger partial charge in [0.15, 0.2) is 0 Å². The number of methoxy groups -OCH3 is 1. The van der Waals surface area contributed by atoms with Crippen LogP contribution in [-0.4, -0.2) is 45.1 Å². The molecule has 180 valence electrons. The summed E-state index contributed by atoms with van der Waals surface area (Å²) >= 11 is 0. The molecule has 4 nitrogen and oxygen atoms in total. The number of likely N-dealkylation sites (tertiary alicyclic amines) is 1. The van der Waals surface area contributed by atoms with E-state index in [0.717, 1.165) is 31.8 Å². The van der Waals surface area contributed by atoms with E-state index in [2.05, 4.69) is 87.2 Å². The number of amides is 1. The Labute approximate surface area is 202 Å². The van der Waals surface area contributed by atoms with Crippen molar-refractivity contribution in [1.82, 2.24) is 10.2 Å². The average Bonchev–Trinajstić information content (AvgIpc) is 2.74. The first-order chi connectivity index (χ1) is 15.6. The number of piperidine rings is 1. The maximum Gasteiger partial charge on any atom is 0.296 e. The van der Waals surface area contributed by atoms with Crippen molar-refractivity contribution in [1.29, 1.82) is 0 Å². The summed E-state index contributed by atoms with van der Waals surface area (Å²) in [6.45, 7) is 18.4. The molecule has 2 rings (SSSR count). The van der Waals surface area contributed by atoms with E-state index in [1.165, 1.54) is 5.56 Å². The molecule has 0 spiro atoms. The summed E-state index contributed by atoms with van der Waals surface area (Å²) in [6, 6.07) is 8.27. The van der Waals surface area contributed by atoms with Crippen molar-refractivity contribution >= 4 is 14.0 Å². The monoisotopic (exact) mass is 466 g/mol. The van der Waals surface area contributed by atoms with Gasteiger partial charge in [-0.15, -0.1) is 11.5 Å². The molecule has 0 aromatic heterocycles. The Morgan fingerprint density at radius 2 is 1.70 bits per heavy atom. The van der Waals surface area contributed by atoms with Crippen molar-refractivity contribution in [3.05, 3.63) is 29.8 Å². The zero-order valence-corrected chi connectivity index (χ0v) is 22.8. The van der Waals surface area contributed by atoms with E-state index in [1.807, 2.05) is 12.1 Å². The molecule has 1 aromatic rings. The summed E-state index contributed by atoms with van der Waals surface area (Å²) in [6.07, 6.45) is 0.877. The summed E-state index contributed by atoms with van der Waals surface area (Å²) < 4.78 is 5.29. The van der Waals surface area contributed by atoms with Gasteiger partial charge in [0.05, 0.1) is 7.11 Å². The highest BCUT2D eigenvalue weighted by atomic mass is 28.3. The van der Waals surface area contributed by atoms with Crippen LogP contribution in [0.4, 0.5) is 0 Å². The zero-order chi connectivity index (χ0) is 24.6. The highest BCUT2D eigenvalue weighted by molar-refractivity contribution is 6.90. The van der Waals surface area contributed by atoms with Crippen LogP contribution in [0.3, 0.4) is 0 Å². The third-order valence-electron chi connectivity index (χ3n) is 7.02. The molecule has 1 aliphatic rings. The van der Waals surface area contributed by atoms with Gasteiger partial charge >= 0.3 is 0 Å². The molecule has 1 heterocycles. The molecule has 2 atom stereocenters. The maximum atomic E-state index is 12.2. The van der Waals surface area contributed by atoms with Crippen LogP contribution in [0.1, 0.15) is 60.5 Å². The molecule has 0 bridgehead atoms. The first kappa shape index (κ1) is 27.0. The minimum absolute atomic E-state index is 0.0536. The maximum absolute atomic E-state index is 12.2. The van der Waals surface area contributed by atoms with E-state index >= 15 is 0 Å². The lowest BCUT2D eigenvalue weighted by Crippen LogP contribution is -2.50. The fraction of sp³-hybridized carbons (Fsp3) is 0.607. The van der Waals surface area contributed by atoms with Gasteiger partial charge in [-0.25, -0.2) is 0 Å². The molecule has 5 heteroatoms. The summed E-state index contributed by atoms with van der Waals surface area (Å²) in [5.41, 5.74) is 6.97. The lowest BCUT2D eigenvalue weighted by Gasteiger charge is -2.39. The van der Waals surface area contributed by atoms with Gasteiger partial charge < -0.3 is 10.1 Å². The number of rotatable bonds is 7. The molecule has 1 amide bonds. The van der Waals surface area contributed by atoms with E-state index in [1.54, 1.807) is 14.0 Å². The van der Waals surface area contributed by atoms with Gasteiger partial charge in [0.2, 0.25) is 0 Å². The Balaban J connectivity index is 2.28. The van der Waals surface area contributed by atoms with Crippen LogP contribution in [0.5, 0.6) is 5.75 Å². The summed E-state index contributed by atoms with van der Waals surface area (Å²) in [5, 5.41) is 3.12. The van der Waals surface area contributed by atoms with Gasteiger partial charge in [0, 0.05) is 31.6 Å². The second-order valence-corrected chi connectivity index (χ2v) is 15.8. The van der Waals surface area contributed by atoms with E-state index in [-0.39, 0.29) is 17.9 Å². The van der Waals surface area contributed by atoms with Crippen LogP contribution < -0.4 is 10.1 Å². The van der Waals surface area contributed by atoms with Gasteiger partial charge in [-0.2, -0.15) is 0 Å². The number of nitrogens with one attached hydrogen (secondary N) is 1. The first-order valence-corrected chi connectivity index (χ1v) is 14.5. The number of carbonyl (C=O) groups excluding carboxylic acids is 1. The normalized spacial score (nSPS) is 19.0.